The van der Waals surface area contributed by atoms with E-state index in [1.54, 1.807) is 4.90 Å². The first-order valence-corrected chi connectivity index (χ1v) is 17.6. The number of rotatable bonds is 8. The van der Waals surface area contributed by atoms with E-state index in [1.165, 1.54) is 64.8 Å². The summed E-state index contributed by atoms with van der Waals surface area (Å²) in [5.41, 5.74) is 2.35. The molecular weight excluding hydrogens is 562 g/mol. The van der Waals surface area contributed by atoms with Gasteiger partial charge in [-0.15, -0.1) is 0 Å². The maximum atomic E-state index is 13.3. The Bertz CT molecular complexity index is 1360. The fourth-order valence-electron chi connectivity index (χ4n) is 8.23. The number of anilines is 4. The van der Waals surface area contributed by atoms with Crippen molar-refractivity contribution in [1.82, 2.24) is 20.1 Å². The molecule has 1 aromatic carbocycles. The number of hydrogen-bond acceptors (Lipinski definition) is 7. The molecule has 0 unspecified atom stereocenters. The van der Waals surface area contributed by atoms with Crippen LogP contribution in [0.1, 0.15) is 87.9 Å². The van der Waals surface area contributed by atoms with E-state index in [1.807, 2.05) is 50.4 Å². The summed E-state index contributed by atoms with van der Waals surface area (Å²) in [6.45, 7) is 8.13. The average molecular weight is 614 g/mol. The molecule has 9 heteroatoms. The van der Waals surface area contributed by atoms with E-state index >= 15 is 0 Å². The minimum absolute atomic E-state index is 0.00775. The van der Waals surface area contributed by atoms with Gasteiger partial charge in [-0.3, -0.25) is 14.5 Å². The summed E-state index contributed by atoms with van der Waals surface area (Å²) in [6, 6.07) is 12.6. The maximum Gasteiger partial charge on any atom is 0.251 e. The van der Waals surface area contributed by atoms with Gasteiger partial charge in [-0.1, -0.05) is 25.3 Å². The molecule has 1 aromatic heterocycles. The van der Waals surface area contributed by atoms with E-state index in [0.717, 1.165) is 61.6 Å². The molecule has 5 aliphatic rings. The van der Waals surface area contributed by atoms with Crippen molar-refractivity contribution in [2.24, 2.45) is 5.92 Å². The number of hydrogen-bond donors (Lipinski definition) is 2. The molecule has 0 radical (unpaired) electrons. The van der Waals surface area contributed by atoms with Crippen molar-refractivity contribution in [3.63, 3.8) is 0 Å². The van der Waals surface area contributed by atoms with Crippen LogP contribution in [0.5, 0.6) is 0 Å². The number of pyridine rings is 1. The number of likely N-dealkylation sites (N-methyl/N-ethyl adjacent to an activating group) is 1. The number of aromatic nitrogens is 1. The Hall–Kier alpha value is -3.17. The number of fused-ring (bicyclic) bond motifs is 1. The quantitative estimate of drug-likeness (QED) is 0.413. The molecule has 0 bridgehead atoms. The van der Waals surface area contributed by atoms with E-state index in [4.69, 9.17) is 4.98 Å². The molecule has 4 fully saturated rings. The van der Waals surface area contributed by atoms with Gasteiger partial charge in [-0.25, -0.2) is 4.98 Å². The molecule has 9 nitrogen and oxygen atoms in total. The van der Waals surface area contributed by atoms with Crippen LogP contribution in [0.2, 0.25) is 0 Å². The minimum Gasteiger partial charge on any atom is -0.349 e. The molecule has 7 rings (SSSR count). The minimum atomic E-state index is -0.238. The Morgan fingerprint density at radius 1 is 0.889 bits per heavy atom. The second-order valence-corrected chi connectivity index (χ2v) is 14.3. The Morgan fingerprint density at radius 2 is 1.64 bits per heavy atom. The Kier molecular flexibility index (Phi) is 9.00. The summed E-state index contributed by atoms with van der Waals surface area (Å²) < 4.78 is 0. The second kappa shape index (κ2) is 13.3. The fourth-order valence-corrected chi connectivity index (χ4v) is 8.23. The van der Waals surface area contributed by atoms with Crippen molar-refractivity contribution in [2.45, 2.75) is 102 Å². The van der Waals surface area contributed by atoms with Gasteiger partial charge in [0.15, 0.2) is 5.82 Å². The monoisotopic (exact) mass is 613 g/mol. The van der Waals surface area contributed by atoms with Crippen LogP contribution in [0.4, 0.5) is 23.0 Å². The number of benzene rings is 1. The van der Waals surface area contributed by atoms with Gasteiger partial charge in [0.25, 0.3) is 5.91 Å². The lowest BCUT2D eigenvalue weighted by Gasteiger charge is -2.44. The van der Waals surface area contributed by atoms with Crippen LogP contribution in [0.3, 0.4) is 0 Å². The summed E-state index contributed by atoms with van der Waals surface area (Å²) in [6.07, 6.45) is 13.1. The van der Waals surface area contributed by atoms with Gasteiger partial charge in [0, 0.05) is 69.1 Å². The van der Waals surface area contributed by atoms with Gasteiger partial charge in [-0.05, 0) is 94.5 Å². The van der Waals surface area contributed by atoms with E-state index in [-0.39, 0.29) is 23.9 Å². The van der Waals surface area contributed by atoms with E-state index in [9.17, 15) is 9.59 Å². The molecule has 3 heterocycles. The number of piperazine rings is 1. The lowest BCUT2D eigenvalue weighted by Crippen LogP contribution is -2.55. The molecule has 2 N–H and O–H groups in total. The summed E-state index contributed by atoms with van der Waals surface area (Å²) in [7, 11) is 1.84. The Labute approximate surface area is 268 Å². The van der Waals surface area contributed by atoms with Crippen molar-refractivity contribution in [3.05, 3.63) is 42.0 Å². The van der Waals surface area contributed by atoms with Gasteiger partial charge in [-0.2, -0.15) is 0 Å². The van der Waals surface area contributed by atoms with E-state index in [0.29, 0.717) is 23.5 Å². The predicted molar refractivity (Wildman–Crippen MR) is 180 cm³/mol. The topological polar surface area (TPSA) is 84.0 Å². The van der Waals surface area contributed by atoms with Crippen molar-refractivity contribution < 1.29 is 9.59 Å². The lowest BCUT2D eigenvalue weighted by atomic mass is 9.89. The van der Waals surface area contributed by atoms with Crippen LogP contribution in [0.25, 0.3) is 0 Å². The van der Waals surface area contributed by atoms with Gasteiger partial charge >= 0.3 is 0 Å². The Morgan fingerprint density at radius 3 is 2.38 bits per heavy atom. The first-order chi connectivity index (χ1) is 21.9. The van der Waals surface area contributed by atoms with Crippen LogP contribution in [-0.4, -0.2) is 90.5 Å². The third kappa shape index (κ3) is 6.85. The number of nitrogens with one attached hydrogen (secondary N) is 2. The van der Waals surface area contributed by atoms with Gasteiger partial charge < -0.3 is 25.3 Å². The highest BCUT2D eigenvalue weighted by molar-refractivity contribution is 6.04. The van der Waals surface area contributed by atoms with E-state index in [2.05, 4.69) is 25.3 Å². The molecule has 3 saturated carbocycles. The van der Waals surface area contributed by atoms with Crippen LogP contribution in [0, 0.1) is 5.92 Å². The summed E-state index contributed by atoms with van der Waals surface area (Å²) >= 11 is 0. The van der Waals surface area contributed by atoms with Gasteiger partial charge in [0.05, 0.1) is 5.69 Å². The summed E-state index contributed by atoms with van der Waals surface area (Å²) in [5, 5.41) is 6.78. The smallest absolute Gasteiger partial charge is 0.251 e. The van der Waals surface area contributed by atoms with Gasteiger partial charge in [0.1, 0.15) is 11.9 Å². The highest BCUT2D eigenvalue weighted by atomic mass is 16.2. The average Bonchev–Trinajstić information content (AvgIpc) is 3.89. The zero-order valence-corrected chi connectivity index (χ0v) is 27.2. The molecule has 2 aliphatic heterocycles. The third-order valence-electron chi connectivity index (χ3n) is 11.1. The van der Waals surface area contributed by atoms with Crippen LogP contribution in [0.15, 0.2) is 36.4 Å². The van der Waals surface area contributed by atoms with Crippen molar-refractivity contribution >= 4 is 34.8 Å². The molecule has 1 atom stereocenters. The molecule has 0 spiro atoms. The highest BCUT2D eigenvalue weighted by Gasteiger charge is 2.39. The third-order valence-corrected chi connectivity index (χ3v) is 11.1. The predicted octanol–water partition coefficient (Wildman–Crippen LogP) is 5.40. The van der Waals surface area contributed by atoms with Crippen molar-refractivity contribution in [1.29, 1.82) is 0 Å². The van der Waals surface area contributed by atoms with Crippen LogP contribution >= 0.6 is 0 Å². The van der Waals surface area contributed by atoms with E-state index < -0.39 is 0 Å². The normalized spacial score (nSPS) is 26.9. The zero-order chi connectivity index (χ0) is 30.9. The summed E-state index contributed by atoms with van der Waals surface area (Å²) in [5.74, 6) is 2.67. The van der Waals surface area contributed by atoms with Gasteiger partial charge in [0.2, 0.25) is 5.91 Å². The largest absolute Gasteiger partial charge is 0.349 e. The standard InChI is InChI=1S/C36H51N7O2/c1-25-36(45)40(2)32-17-18-33(39-34(32)43(25)31-9-4-3-5-10-31)37-29-8-6-7-27(23-29)35(44)38-28-13-15-30(16-14-28)42-21-19-41(20-22-42)24-26-11-12-26/h6-8,17-18,23,25-26,28,30-31H,3-5,9-16,19-22,24H2,1-2H3,(H,37,39)(H,38,44)/t25-,28-,30-/m1/s1. The SMILES string of the molecule is C[C@@H]1C(=O)N(C)c2ccc(Nc3cccc(C(=O)N[C@H]4CC[C@H](N5CCN(CC6CC6)CC5)CC4)c3)nc2N1C1CCCCC1. The number of amides is 2. The second-order valence-electron chi connectivity index (χ2n) is 14.3. The van der Waals surface area contributed by atoms with Crippen molar-refractivity contribution in [3.8, 4) is 0 Å². The Balaban J connectivity index is 0.955. The van der Waals surface area contributed by atoms with Crippen LogP contribution < -0.4 is 20.4 Å². The number of carbonyl (C=O) groups excluding carboxylic acids is 2. The molecule has 2 aromatic rings. The maximum absolute atomic E-state index is 13.3. The number of nitrogens with zero attached hydrogens (tertiary/aromatic N) is 5. The van der Waals surface area contributed by atoms with Crippen LogP contribution in [-0.2, 0) is 4.79 Å². The molecule has 1 saturated heterocycles. The molecule has 2 amide bonds. The molecule has 45 heavy (non-hydrogen) atoms. The fraction of sp³-hybridized carbons (Fsp3) is 0.639. The highest BCUT2D eigenvalue weighted by Crippen LogP contribution is 2.39. The zero-order valence-electron chi connectivity index (χ0n) is 27.2. The van der Waals surface area contributed by atoms with Crippen molar-refractivity contribution in [2.75, 3.05) is 54.9 Å². The molecular formula is C36H51N7O2. The first kappa shape index (κ1) is 30.5. The lowest BCUT2D eigenvalue weighted by molar-refractivity contribution is -0.119. The molecule has 3 aliphatic carbocycles. The number of carbonyl (C=O) groups is 2. The first-order valence-electron chi connectivity index (χ1n) is 17.6. The summed E-state index contributed by atoms with van der Waals surface area (Å²) in [4.78, 5) is 40.8. The molecule has 242 valence electrons.